The maximum atomic E-state index is 12.9. The van der Waals surface area contributed by atoms with Gasteiger partial charge in [-0.3, -0.25) is 14.6 Å². The van der Waals surface area contributed by atoms with Gasteiger partial charge >= 0.3 is 0 Å². The molecule has 0 unspecified atom stereocenters. The van der Waals surface area contributed by atoms with E-state index in [2.05, 4.69) is 15.6 Å². The van der Waals surface area contributed by atoms with Gasteiger partial charge in [0.2, 0.25) is 11.8 Å². The standard InChI is InChI=1S/C21H24FN3O2/c22-19-9-3-15(4-10-19)13-24-20(26)17-5-7-18(8-6-17)21(27)25-14-16-2-1-11-23-12-16/h1-4,9-12,17-18H,5-8,13-14H2,(H,24,26)(H,25,27). The Morgan fingerprint density at radius 2 is 1.44 bits per heavy atom. The molecule has 142 valence electrons. The third kappa shape index (κ3) is 5.61. The Morgan fingerprint density at radius 1 is 0.889 bits per heavy atom. The molecule has 2 amide bonds. The van der Waals surface area contributed by atoms with Crippen LogP contribution < -0.4 is 10.6 Å². The number of aromatic nitrogens is 1. The average molecular weight is 369 g/mol. The van der Waals surface area contributed by atoms with Crippen LogP contribution >= 0.6 is 0 Å². The minimum atomic E-state index is -0.287. The summed E-state index contributed by atoms with van der Waals surface area (Å²) < 4.78 is 12.9. The molecule has 2 aromatic rings. The summed E-state index contributed by atoms with van der Waals surface area (Å²) in [7, 11) is 0. The van der Waals surface area contributed by atoms with E-state index in [1.807, 2.05) is 12.1 Å². The third-order valence-corrected chi connectivity index (χ3v) is 5.04. The van der Waals surface area contributed by atoms with Crippen LogP contribution in [0.5, 0.6) is 0 Å². The highest BCUT2D eigenvalue weighted by molar-refractivity contribution is 5.81. The van der Waals surface area contributed by atoms with Gasteiger partial charge in [0.05, 0.1) is 0 Å². The Bertz CT molecular complexity index is 757. The first-order valence-electron chi connectivity index (χ1n) is 9.30. The fourth-order valence-electron chi connectivity index (χ4n) is 3.39. The van der Waals surface area contributed by atoms with Gasteiger partial charge in [-0.1, -0.05) is 18.2 Å². The van der Waals surface area contributed by atoms with Gasteiger partial charge in [-0.05, 0) is 55.0 Å². The van der Waals surface area contributed by atoms with E-state index in [1.165, 1.54) is 12.1 Å². The van der Waals surface area contributed by atoms with Crippen molar-refractivity contribution in [3.05, 3.63) is 65.7 Å². The van der Waals surface area contributed by atoms with Gasteiger partial charge < -0.3 is 10.6 Å². The van der Waals surface area contributed by atoms with E-state index >= 15 is 0 Å². The summed E-state index contributed by atoms with van der Waals surface area (Å²) in [5.74, 6) is -0.335. The van der Waals surface area contributed by atoms with Crippen LogP contribution in [-0.4, -0.2) is 16.8 Å². The second kappa shape index (κ2) is 9.26. The summed E-state index contributed by atoms with van der Waals surface area (Å²) in [6.07, 6.45) is 6.29. The average Bonchev–Trinajstić information content (AvgIpc) is 2.72. The fraction of sp³-hybridized carbons (Fsp3) is 0.381. The van der Waals surface area contributed by atoms with Gasteiger partial charge in [-0.2, -0.15) is 0 Å². The Hall–Kier alpha value is -2.76. The lowest BCUT2D eigenvalue weighted by Gasteiger charge is -2.27. The topological polar surface area (TPSA) is 71.1 Å². The minimum Gasteiger partial charge on any atom is -0.352 e. The van der Waals surface area contributed by atoms with Crippen molar-refractivity contribution >= 4 is 11.8 Å². The molecule has 0 atom stereocenters. The molecular formula is C21H24FN3O2. The van der Waals surface area contributed by atoms with Crippen LogP contribution in [0.3, 0.4) is 0 Å². The largest absolute Gasteiger partial charge is 0.352 e. The molecule has 1 aromatic carbocycles. The molecule has 0 radical (unpaired) electrons. The number of halogens is 1. The van der Waals surface area contributed by atoms with Crippen LogP contribution in [-0.2, 0) is 22.7 Å². The van der Waals surface area contributed by atoms with E-state index in [4.69, 9.17) is 0 Å². The Kier molecular flexibility index (Phi) is 6.52. The van der Waals surface area contributed by atoms with Crippen molar-refractivity contribution in [2.45, 2.75) is 38.8 Å². The third-order valence-electron chi connectivity index (χ3n) is 5.04. The molecule has 1 aliphatic rings. The number of nitrogens with zero attached hydrogens (tertiary/aromatic N) is 1. The zero-order valence-electron chi connectivity index (χ0n) is 15.2. The number of carbonyl (C=O) groups excluding carboxylic acids is 2. The predicted molar refractivity (Wildman–Crippen MR) is 99.8 cm³/mol. The predicted octanol–water partition coefficient (Wildman–Crippen LogP) is 2.96. The number of hydrogen-bond donors (Lipinski definition) is 2. The molecule has 1 aromatic heterocycles. The quantitative estimate of drug-likeness (QED) is 0.822. The number of benzene rings is 1. The number of nitrogens with one attached hydrogen (secondary N) is 2. The molecule has 2 N–H and O–H groups in total. The van der Waals surface area contributed by atoms with E-state index in [1.54, 1.807) is 24.5 Å². The first-order valence-corrected chi connectivity index (χ1v) is 9.30. The number of hydrogen-bond acceptors (Lipinski definition) is 3. The molecule has 1 saturated carbocycles. The molecule has 1 aliphatic carbocycles. The molecule has 0 saturated heterocycles. The van der Waals surface area contributed by atoms with Crippen molar-refractivity contribution in [2.24, 2.45) is 11.8 Å². The molecular weight excluding hydrogens is 345 g/mol. The van der Waals surface area contributed by atoms with Crippen molar-refractivity contribution < 1.29 is 14.0 Å². The van der Waals surface area contributed by atoms with Crippen molar-refractivity contribution in [3.8, 4) is 0 Å². The summed E-state index contributed by atoms with van der Waals surface area (Å²) in [5.41, 5.74) is 1.84. The van der Waals surface area contributed by atoms with Gasteiger partial charge in [-0.25, -0.2) is 4.39 Å². The summed E-state index contributed by atoms with van der Waals surface area (Å²) in [6, 6.07) is 9.87. The zero-order valence-corrected chi connectivity index (χ0v) is 15.2. The first-order chi connectivity index (χ1) is 13.1. The van der Waals surface area contributed by atoms with Gasteiger partial charge in [0.1, 0.15) is 5.82 Å². The zero-order chi connectivity index (χ0) is 19.1. The van der Waals surface area contributed by atoms with E-state index < -0.39 is 0 Å². The summed E-state index contributed by atoms with van der Waals surface area (Å²) in [5, 5.41) is 5.86. The second-order valence-electron chi connectivity index (χ2n) is 6.97. The lowest BCUT2D eigenvalue weighted by Crippen LogP contribution is -2.37. The molecule has 0 spiro atoms. The maximum Gasteiger partial charge on any atom is 0.223 e. The van der Waals surface area contributed by atoms with Gasteiger partial charge in [0.15, 0.2) is 0 Å². The van der Waals surface area contributed by atoms with Crippen molar-refractivity contribution in [3.63, 3.8) is 0 Å². The molecule has 0 bridgehead atoms. The Morgan fingerprint density at radius 3 is 1.96 bits per heavy atom. The van der Waals surface area contributed by atoms with Crippen molar-refractivity contribution in [2.75, 3.05) is 0 Å². The first kappa shape index (κ1) is 19.0. The Balaban J connectivity index is 1.39. The fourth-order valence-corrected chi connectivity index (χ4v) is 3.39. The van der Waals surface area contributed by atoms with Crippen LogP contribution in [0.4, 0.5) is 4.39 Å². The highest BCUT2D eigenvalue weighted by atomic mass is 19.1. The van der Waals surface area contributed by atoms with Gasteiger partial charge in [0, 0.05) is 37.3 Å². The molecule has 5 nitrogen and oxygen atoms in total. The lowest BCUT2D eigenvalue weighted by atomic mass is 9.81. The number of amides is 2. The number of pyridine rings is 1. The van der Waals surface area contributed by atoms with E-state index in [9.17, 15) is 14.0 Å². The van der Waals surface area contributed by atoms with Crippen molar-refractivity contribution in [1.82, 2.24) is 15.6 Å². The lowest BCUT2D eigenvalue weighted by molar-refractivity contribution is -0.130. The minimum absolute atomic E-state index is 0.00791. The molecule has 6 heteroatoms. The molecule has 0 aliphatic heterocycles. The van der Waals surface area contributed by atoms with E-state index in [-0.39, 0.29) is 29.5 Å². The maximum absolute atomic E-state index is 12.9. The summed E-state index contributed by atoms with van der Waals surface area (Å²) in [6.45, 7) is 0.870. The van der Waals surface area contributed by atoms with Crippen molar-refractivity contribution in [1.29, 1.82) is 0 Å². The van der Waals surface area contributed by atoms with Gasteiger partial charge in [0.25, 0.3) is 0 Å². The highest BCUT2D eigenvalue weighted by Crippen LogP contribution is 2.29. The Labute approximate surface area is 158 Å². The smallest absolute Gasteiger partial charge is 0.223 e. The second-order valence-corrected chi connectivity index (χ2v) is 6.97. The summed E-state index contributed by atoms with van der Waals surface area (Å²) >= 11 is 0. The number of carbonyl (C=O) groups is 2. The molecule has 3 rings (SSSR count). The van der Waals surface area contributed by atoms with Gasteiger partial charge in [-0.15, -0.1) is 0 Å². The monoisotopic (exact) mass is 369 g/mol. The molecule has 27 heavy (non-hydrogen) atoms. The van der Waals surface area contributed by atoms with Crippen LogP contribution in [0.1, 0.15) is 36.8 Å². The highest BCUT2D eigenvalue weighted by Gasteiger charge is 2.29. The van der Waals surface area contributed by atoms with E-state index in [0.29, 0.717) is 38.8 Å². The van der Waals surface area contributed by atoms with Crippen LogP contribution in [0.25, 0.3) is 0 Å². The SMILES string of the molecule is O=C(NCc1ccc(F)cc1)C1CCC(C(=O)NCc2cccnc2)CC1. The molecule has 1 heterocycles. The molecule has 1 fully saturated rings. The normalized spacial score (nSPS) is 19.3. The van der Waals surface area contributed by atoms with Crippen LogP contribution in [0.15, 0.2) is 48.8 Å². The van der Waals surface area contributed by atoms with E-state index in [0.717, 1.165) is 11.1 Å². The number of rotatable bonds is 6. The van der Waals surface area contributed by atoms with Crippen LogP contribution in [0.2, 0.25) is 0 Å². The summed E-state index contributed by atoms with van der Waals surface area (Å²) in [4.78, 5) is 28.7. The van der Waals surface area contributed by atoms with Crippen LogP contribution in [0, 0.1) is 17.7 Å².